The van der Waals surface area contributed by atoms with Crippen LogP contribution in [0.3, 0.4) is 0 Å². The van der Waals surface area contributed by atoms with Crippen LogP contribution in [0.25, 0.3) is 0 Å². The summed E-state index contributed by atoms with van der Waals surface area (Å²) >= 11 is 0.786. The number of nitrogens with zero attached hydrogens (tertiary/aromatic N) is 2. The molecule has 0 aliphatic heterocycles. The van der Waals surface area contributed by atoms with E-state index in [0.29, 0.717) is 13.1 Å². The van der Waals surface area contributed by atoms with Gasteiger partial charge in [0.05, 0.1) is 5.92 Å². The van der Waals surface area contributed by atoms with E-state index in [1.807, 2.05) is 19.0 Å². The first-order valence-electron chi connectivity index (χ1n) is 8.47. The molecule has 1 aliphatic carbocycles. The number of aromatic nitrogens is 1. The van der Waals surface area contributed by atoms with Crippen LogP contribution < -0.4 is 21.1 Å². The van der Waals surface area contributed by atoms with Crippen LogP contribution in [0.5, 0.6) is 5.88 Å². The molecule has 154 valence electrons. The number of halogens is 2. The summed E-state index contributed by atoms with van der Waals surface area (Å²) in [6.45, 7) is 1.86. The van der Waals surface area contributed by atoms with Gasteiger partial charge in [-0.05, 0) is 44.7 Å². The first-order chi connectivity index (χ1) is 13.1. The van der Waals surface area contributed by atoms with Crippen molar-refractivity contribution in [3.8, 4) is 5.88 Å². The molecule has 8 nitrogen and oxygen atoms in total. The van der Waals surface area contributed by atoms with Gasteiger partial charge in [-0.1, -0.05) is 6.08 Å². The lowest BCUT2D eigenvalue weighted by Gasteiger charge is -2.28. The third-order valence-electron chi connectivity index (χ3n) is 4.06. The van der Waals surface area contributed by atoms with Crippen LogP contribution in [0.1, 0.15) is 17.3 Å². The highest BCUT2D eigenvalue weighted by atomic mass is 32.1. The Kier molecular flexibility index (Phi) is 7.08. The maximum absolute atomic E-state index is 14.5. The van der Waals surface area contributed by atoms with Gasteiger partial charge in [0.2, 0.25) is 5.88 Å². The third-order valence-corrected chi connectivity index (χ3v) is 4.80. The van der Waals surface area contributed by atoms with Crippen LogP contribution >= 0.6 is 11.5 Å². The summed E-state index contributed by atoms with van der Waals surface area (Å²) in [6.07, 6.45) is 3.67. The van der Waals surface area contributed by atoms with Crippen LogP contribution in [0.4, 0.5) is 18.6 Å². The minimum absolute atomic E-state index is 0.0902. The SMILES string of the molecule is CN(C)CCNC(=O)Nc1snc(OCC2C(F)=CC=CC2(C)F)c1C(N)=O. The molecule has 2 atom stereocenters. The second-order valence-corrected chi connectivity index (χ2v) is 7.44. The highest BCUT2D eigenvalue weighted by Gasteiger charge is 2.38. The largest absolute Gasteiger partial charge is 0.476 e. The van der Waals surface area contributed by atoms with Crippen molar-refractivity contribution in [2.75, 3.05) is 39.1 Å². The molecule has 4 N–H and O–H groups in total. The number of nitrogens with one attached hydrogen (secondary N) is 2. The number of amides is 3. The first kappa shape index (κ1) is 21.8. The van der Waals surface area contributed by atoms with Gasteiger partial charge in [0.15, 0.2) is 0 Å². The lowest BCUT2D eigenvalue weighted by Crippen LogP contribution is -2.35. The Morgan fingerprint density at radius 3 is 2.79 bits per heavy atom. The predicted octanol–water partition coefficient (Wildman–Crippen LogP) is 2.07. The van der Waals surface area contributed by atoms with Crippen LogP contribution in [0.15, 0.2) is 24.1 Å². The molecular formula is C17H23F2N5O3S. The van der Waals surface area contributed by atoms with Gasteiger partial charge < -0.3 is 20.7 Å². The molecule has 0 fully saturated rings. The predicted molar refractivity (Wildman–Crippen MR) is 103 cm³/mol. The highest BCUT2D eigenvalue weighted by molar-refractivity contribution is 7.11. The quantitative estimate of drug-likeness (QED) is 0.602. The number of primary amides is 1. The van der Waals surface area contributed by atoms with Crippen molar-refractivity contribution in [3.05, 3.63) is 29.6 Å². The van der Waals surface area contributed by atoms with E-state index in [1.165, 1.54) is 19.1 Å². The maximum atomic E-state index is 14.5. The number of anilines is 1. The highest BCUT2D eigenvalue weighted by Crippen LogP contribution is 2.36. The van der Waals surface area contributed by atoms with Gasteiger partial charge in [-0.2, -0.15) is 4.37 Å². The molecule has 0 saturated carbocycles. The summed E-state index contributed by atoms with van der Waals surface area (Å²) in [7, 11) is 3.72. The number of hydrogen-bond donors (Lipinski definition) is 3. The molecule has 0 radical (unpaired) electrons. The summed E-state index contributed by atoms with van der Waals surface area (Å²) in [6, 6.07) is -0.540. The van der Waals surface area contributed by atoms with Crippen molar-refractivity contribution < 1.29 is 23.1 Å². The van der Waals surface area contributed by atoms with Crippen LogP contribution in [-0.4, -0.2) is 60.7 Å². The molecule has 1 aromatic heterocycles. The van der Waals surface area contributed by atoms with Gasteiger partial charge >= 0.3 is 6.03 Å². The average Bonchev–Trinajstić information content (AvgIpc) is 2.96. The molecule has 28 heavy (non-hydrogen) atoms. The lowest BCUT2D eigenvalue weighted by atomic mass is 9.87. The number of alkyl halides is 1. The molecule has 1 aromatic rings. The molecule has 1 aliphatic rings. The number of allylic oxidation sites excluding steroid dienone is 3. The van der Waals surface area contributed by atoms with Crippen LogP contribution in [0.2, 0.25) is 0 Å². The van der Waals surface area contributed by atoms with Crippen LogP contribution in [0, 0.1) is 5.92 Å². The molecule has 1 heterocycles. The second kappa shape index (κ2) is 9.11. The third kappa shape index (κ3) is 5.49. The Morgan fingerprint density at radius 2 is 2.18 bits per heavy atom. The van der Waals surface area contributed by atoms with Crippen molar-refractivity contribution in [1.29, 1.82) is 0 Å². The molecule has 0 aromatic carbocycles. The Labute approximate surface area is 165 Å². The molecule has 11 heteroatoms. The number of likely N-dealkylation sites (N-methyl/N-ethyl adjacent to an activating group) is 1. The topological polar surface area (TPSA) is 110 Å². The van der Waals surface area contributed by atoms with Crippen molar-refractivity contribution in [1.82, 2.24) is 14.6 Å². The number of nitrogens with two attached hydrogens (primary N) is 1. The zero-order chi connectivity index (χ0) is 20.9. The number of carbonyl (C=O) groups is 2. The van der Waals surface area contributed by atoms with Gasteiger partial charge in [0.25, 0.3) is 5.91 Å². The van der Waals surface area contributed by atoms with E-state index in [9.17, 15) is 18.4 Å². The van der Waals surface area contributed by atoms with E-state index in [-0.39, 0.29) is 16.4 Å². The second-order valence-electron chi connectivity index (χ2n) is 6.67. The lowest BCUT2D eigenvalue weighted by molar-refractivity contribution is 0.0981. The van der Waals surface area contributed by atoms with E-state index in [0.717, 1.165) is 17.6 Å². The van der Waals surface area contributed by atoms with E-state index in [1.54, 1.807) is 0 Å². The Hall–Kier alpha value is -2.53. The molecule has 0 spiro atoms. The fourth-order valence-electron chi connectivity index (χ4n) is 2.45. The van der Waals surface area contributed by atoms with E-state index in [2.05, 4.69) is 15.0 Å². The number of carbonyl (C=O) groups excluding carboxylic acids is 2. The van der Waals surface area contributed by atoms with Crippen LogP contribution in [-0.2, 0) is 0 Å². The van der Waals surface area contributed by atoms with Gasteiger partial charge in [-0.25, -0.2) is 13.6 Å². The van der Waals surface area contributed by atoms with Gasteiger partial charge in [-0.3, -0.25) is 10.1 Å². The summed E-state index contributed by atoms with van der Waals surface area (Å²) < 4.78 is 37.8. The molecule has 2 rings (SSSR count). The van der Waals surface area contributed by atoms with E-state index >= 15 is 0 Å². The van der Waals surface area contributed by atoms with Gasteiger partial charge in [-0.15, -0.1) is 0 Å². The summed E-state index contributed by atoms with van der Waals surface area (Å²) in [4.78, 5) is 25.6. The number of hydrogen-bond acceptors (Lipinski definition) is 6. The smallest absolute Gasteiger partial charge is 0.319 e. The molecule has 2 unspecified atom stereocenters. The number of urea groups is 1. The zero-order valence-electron chi connectivity index (χ0n) is 15.8. The Balaban J connectivity index is 2.06. The fraction of sp³-hybridized carbons (Fsp3) is 0.471. The van der Waals surface area contributed by atoms with Crippen molar-refractivity contribution in [3.63, 3.8) is 0 Å². The average molecular weight is 415 g/mol. The molecule has 0 bridgehead atoms. The summed E-state index contributed by atoms with van der Waals surface area (Å²) in [5.74, 6) is -2.93. The molecule has 0 saturated heterocycles. The van der Waals surface area contributed by atoms with E-state index < -0.39 is 36.0 Å². The maximum Gasteiger partial charge on any atom is 0.319 e. The summed E-state index contributed by atoms with van der Waals surface area (Å²) in [5, 5.41) is 5.19. The van der Waals surface area contributed by atoms with Gasteiger partial charge in [0, 0.05) is 13.1 Å². The summed E-state index contributed by atoms with van der Waals surface area (Å²) in [5.41, 5.74) is 3.27. The van der Waals surface area contributed by atoms with Crippen molar-refractivity contribution >= 4 is 28.5 Å². The Morgan fingerprint density at radius 1 is 1.46 bits per heavy atom. The fourth-order valence-corrected chi connectivity index (χ4v) is 3.19. The monoisotopic (exact) mass is 415 g/mol. The Bertz CT molecular complexity index is 792. The first-order valence-corrected chi connectivity index (χ1v) is 9.25. The normalized spacial score (nSPS) is 21.4. The van der Waals surface area contributed by atoms with E-state index in [4.69, 9.17) is 10.5 Å². The standard InChI is InChI=1S/C17H23F2N5O3S/c1-17(19)6-4-5-11(18)10(17)9-27-14-12(13(20)25)15(28-23-14)22-16(26)21-7-8-24(2)3/h4-6,10H,7-9H2,1-3H3,(H2,20,25)(H2,21,22,26). The molecule has 3 amide bonds. The van der Waals surface area contributed by atoms with Gasteiger partial charge in [0.1, 0.15) is 28.7 Å². The minimum Gasteiger partial charge on any atom is -0.476 e. The van der Waals surface area contributed by atoms with Crippen molar-refractivity contribution in [2.45, 2.75) is 12.6 Å². The molecular weight excluding hydrogens is 392 g/mol. The number of ether oxygens (including phenoxy) is 1. The number of rotatable bonds is 8. The zero-order valence-corrected chi connectivity index (χ0v) is 16.6. The van der Waals surface area contributed by atoms with Crippen molar-refractivity contribution in [2.24, 2.45) is 11.7 Å². The minimum atomic E-state index is -1.95.